The summed E-state index contributed by atoms with van der Waals surface area (Å²) in [5, 5.41) is 17.3. The lowest BCUT2D eigenvalue weighted by molar-refractivity contribution is -0.385. The molecule has 6 nitrogen and oxygen atoms in total. The van der Waals surface area contributed by atoms with E-state index >= 15 is 0 Å². The Labute approximate surface area is 138 Å². The molecule has 0 amide bonds. The van der Waals surface area contributed by atoms with Crippen molar-refractivity contribution in [3.8, 4) is 5.75 Å². The van der Waals surface area contributed by atoms with Crippen molar-refractivity contribution in [3.63, 3.8) is 0 Å². The molecule has 7 heteroatoms. The zero-order valence-electron chi connectivity index (χ0n) is 13.2. The van der Waals surface area contributed by atoms with Gasteiger partial charge in [-0.1, -0.05) is 24.3 Å². The van der Waals surface area contributed by atoms with E-state index in [1.165, 1.54) is 24.3 Å². The van der Waals surface area contributed by atoms with Gasteiger partial charge in [-0.05, 0) is 24.1 Å². The van der Waals surface area contributed by atoms with Gasteiger partial charge in [0.2, 0.25) is 0 Å². The first-order valence-electron chi connectivity index (χ1n) is 7.67. The minimum Gasteiger partial charge on any atom is -0.490 e. The van der Waals surface area contributed by atoms with Crippen molar-refractivity contribution in [2.75, 3.05) is 25.5 Å². The fourth-order valence-corrected chi connectivity index (χ4v) is 2.97. The monoisotopic (exact) mass is 331 g/mol. The minimum atomic E-state index is -0.674. The fourth-order valence-electron chi connectivity index (χ4n) is 2.97. The van der Waals surface area contributed by atoms with Crippen LogP contribution in [-0.2, 0) is 6.42 Å². The molecule has 24 heavy (non-hydrogen) atoms. The van der Waals surface area contributed by atoms with Crippen LogP contribution in [0.15, 0.2) is 36.4 Å². The number of anilines is 1. The second-order valence-corrected chi connectivity index (χ2v) is 5.60. The van der Waals surface area contributed by atoms with Crippen LogP contribution in [0.1, 0.15) is 17.2 Å². The number of rotatable bonds is 5. The Bertz CT molecular complexity index is 767. The summed E-state index contributed by atoms with van der Waals surface area (Å²) in [6.45, 7) is 1.32. The van der Waals surface area contributed by atoms with Crippen LogP contribution < -0.4 is 15.4 Å². The van der Waals surface area contributed by atoms with Crippen LogP contribution in [-0.4, -0.2) is 25.1 Å². The third-order valence-electron chi connectivity index (χ3n) is 4.18. The minimum absolute atomic E-state index is 0.0286. The molecule has 0 aliphatic carbocycles. The van der Waals surface area contributed by atoms with Gasteiger partial charge in [0.15, 0.2) is 11.6 Å². The third kappa shape index (κ3) is 3.16. The van der Waals surface area contributed by atoms with Gasteiger partial charge in [-0.3, -0.25) is 10.1 Å². The Morgan fingerprint density at radius 1 is 1.42 bits per heavy atom. The number of hydrogen-bond donors (Lipinski definition) is 2. The number of nitro groups is 1. The van der Waals surface area contributed by atoms with Gasteiger partial charge in [0, 0.05) is 18.7 Å². The van der Waals surface area contributed by atoms with Crippen LogP contribution in [0.2, 0.25) is 0 Å². The molecule has 126 valence electrons. The number of nitrogens with zero attached hydrogens (tertiary/aromatic N) is 1. The molecular formula is C17H18FN3O3. The van der Waals surface area contributed by atoms with E-state index in [1.807, 2.05) is 12.1 Å². The summed E-state index contributed by atoms with van der Waals surface area (Å²) in [6.07, 6.45) is 0.965. The van der Waals surface area contributed by atoms with Crippen molar-refractivity contribution in [1.29, 1.82) is 0 Å². The number of nitrogens with one attached hydrogen (secondary N) is 2. The molecule has 2 aromatic rings. The zero-order valence-corrected chi connectivity index (χ0v) is 13.2. The van der Waals surface area contributed by atoms with Crippen LogP contribution >= 0.6 is 0 Å². The summed E-state index contributed by atoms with van der Waals surface area (Å²) < 4.78 is 19.1. The van der Waals surface area contributed by atoms with Crippen molar-refractivity contribution in [2.45, 2.75) is 12.5 Å². The lowest BCUT2D eigenvalue weighted by Gasteiger charge is -2.27. The van der Waals surface area contributed by atoms with Crippen LogP contribution in [0.25, 0.3) is 0 Å². The van der Waals surface area contributed by atoms with Gasteiger partial charge in [0.25, 0.3) is 0 Å². The van der Waals surface area contributed by atoms with Crippen LogP contribution in [0, 0.1) is 15.9 Å². The molecule has 0 radical (unpaired) electrons. The predicted molar refractivity (Wildman–Crippen MR) is 89.0 cm³/mol. The van der Waals surface area contributed by atoms with Gasteiger partial charge >= 0.3 is 5.69 Å². The highest BCUT2D eigenvalue weighted by molar-refractivity contribution is 5.59. The molecule has 3 rings (SSSR count). The van der Waals surface area contributed by atoms with Crippen molar-refractivity contribution >= 4 is 11.4 Å². The van der Waals surface area contributed by atoms with E-state index in [2.05, 4.69) is 22.8 Å². The van der Waals surface area contributed by atoms with E-state index in [-0.39, 0.29) is 23.2 Å². The maximum Gasteiger partial charge on any atom is 0.313 e. The largest absolute Gasteiger partial charge is 0.490 e. The van der Waals surface area contributed by atoms with E-state index in [9.17, 15) is 14.5 Å². The number of hydrogen-bond acceptors (Lipinski definition) is 5. The van der Waals surface area contributed by atoms with E-state index in [4.69, 9.17) is 4.74 Å². The van der Waals surface area contributed by atoms with E-state index in [0.29, 0.717) is 6.54 Å². The normalized spacial score (nSPS) is 16.3. The van der Waals surface area contributed by atoms with Crippen molar-refractivity contribution in [1.82, 2.24) is 5.32 Å². The molecule has 1 unspecified atom stereocenters. The van der Waals surface area contributed by atoms with Gasteiger partial charge in [-0.2, -0.15) is 0 Å². The average Bonchev–Trinajstić information content (AvgIpc) is 2.60. The number of nitro benzene ring substituents is 1. The van der Waals surface area contributed by atoms with E-state index in [1.54, 1.807) is 0 Å². The average molecular weight is 331 g/mol. The molecule has 1 heterocycles. The summed E-state index contributed by atoms with van der Waals surface area (Å²) >= 11 is 0. The number of fused-ring (bicyclic) bond motifs is 1. The molecule has 0 saturated heterocycles. The van der Waals surface area contributed by atoms with Crippen LogP contribution in [0.3, 0.4) is 0 Å². The Morgan fingerprint density at radius 3 is 2.96 bits per heavy atom. The SMILES string of the molecule is COc1cc(NCC2NCCc3ccccc32)c(F)cc1[N+](=O)[O-]. The number of methoxy groups -OCH3 is 1. The molecule has 0 saturated carbocycles. The second-order valence-electron chi connectivity index (χ2n) is 5.60. The molecule has 0 bridgehead atoms. The zero-order chi connectivity index (χ0) is 17.1. The quantitative estimate of drug-likeness (QED) is 0.650. The highest BCUT2D eigenvalue weighted by Gasteiger charge is 2.22. The first-order chi connectivity index (χ1) is 11.6. The highest BCUT2D eigenvalue weighted by Crippen LogP contribution is 2.32. The Morgan fingerprint density at radius 2 is 2.21 bits per heavy atom. The molecule has 1 aliphatic heterocycles. The summed E-state index contributed by atoms with van der Waals surface area (Å²) in [5.74, 6) is -0.646. The molecule has 1 atom stereocenters. The molecular weight excluding hydrogens is 313 g/mol. The van der Waals surface area contributed by atoms with Crippen molar-refractivity contribution in [3.05, 3.63) is 63.5 Å². The van der Waals surface area contributed by atoms with Crippen LogP contribution in [0.5, 0.6) is 5.75 Å². The third-order valence-corrected chi connectivity index (χ3v) is 4.18. The van der Waals surface area contributed by atoms with Gasteiger partial charge in [0.1, 0.15) is 0 Å². The van der Waals surface area contributed by atoms with Crippen molar-refractivity contribution in [2.24, 2.45) is 0 Å². The number of ether oxygens (including phenoxy) is 1. The Hall–Kier alpha value is -2.67. The van der Waals surface area contributed by atoms with E-state index in [0.717, 1.165) is 19.0 Å². The van der Waals surface area contributed by atoms with Gasteiger partial charge in [-0.15, -0.1) is 0 Å². The lowest BCUT2D eigenvalue weighted by Crippen LogP contribution is -2.34. The fraction of sp³-hybridized carbons (Fsp3) is 0.294. The topological polar surface area (TPSA) is 76.4 Å². The highest BCUT2D eigenvalue weighted by atomic mass is 19.1. The Kier molecular flexibility index (Phi) is 4.61. The lowest BCUT2D eigenvalue weighted by atomic mass is 9.94. The second kappa shape index (κ2) is 6.84. The number of benzene rings is 2. The molecule has 2 N–H and O–H groups in total. The maximum absolute atomic E-state index is 14.1. The molecule has 0 aromatic heterocycles. The first-order valence-corrected chi connectivity index (χ1v) is 7.67. The predicted octanol–water partition coefficient (Wildman–Crippen LogP) is 3.04. The summed E-state index contributed by atoms with van der Waals surface area (Å²) in [5.41, 5.74) is 2.26. The Balaban J connectivity index is 1.79. The van der Waals surface area contributed by atoms with Gasteiger partial charge in [-0.25, -0.2) is 4.39 Å². The number of halogens is 1. The molecule has 2 aromatic carbocycles. The standard InChI is InChI=1S/C17H18FN3O3/c1-24-17-9-14(13(18)8-16(17)21(22)23)20-10-15-12-5-3-2-4-11(12)6-7-19-15/h2-5,8-9,15,19-20H,6-7,10H2,1H3. The van der Waals surface area contributed by atoms with E-state index < -0.39 is 10.7 Å². The molecule has 0 fully saturated rings. The first kappa shape index (κ1) is 16.2. The van der Waals surface area contributed by atoms with Crippen LogP contribution in [0.4, 0.5) is 15.8 Å². The van der Waals surface area contributed by atoms with Crippen molar-refractivity contribution < 1.29 is 14.1 Å². The smallest absolute Gasteiger partial charge is 0.313 e. The maximum atomic E-state index is 14.1. The summed E-state index contributed by atoms with van der Waals surface area (Å²) in [7, 11) is 1.32. The molecule has 1 aliphatic rings. The summed E-state index contributed by atoms with van der Waals surface area (Å²) in [6, 6.07) is 10.4. The molecule has 0 spiro atoms. The summed E-state index contributed by atoms with van der Waals surface area (Å²) in [4.78, 5) is 10.3. The van der Waals surface area contributed by atoms with Gasteiger partial charge in [0.05, 0.1) is 23.8 Å². The van der Waals surface area contributed by atoms with Gasteiger partial charge < -0.3 is 15.4 Å².